The van der Waals surface area contributed by atoms with Gasteiger partial charge in [0.1, 0.15) is 17.9 Å². The lowest BCUT2D eigenvalue weighted by molar-refractivity contribution is -0.278. The van der Waals surface area contributed by atoms with Crippen molar-refractivity contribution in [2.75, 3.05) is 11.9 Å². The van der Waals surface area contributed by atoms with Gasteiger partial charge in [-0.25, -0.2) is 4.79 Å². The summed E-state index contributed by atoms with van der Waals surface area (Å²) in [6, 6.07) is 5.31. The molecule has 1 aromatic rings. The number of alkyl halides is 5. The molecule has 166 valence electrons. The first-order chi connectivity index (χ1) is 13.8. The van der Waals surface area contributed by atoms with Crippen LogP contribution >= 0.6 is 0 Å². The van der Waals surface area contributed by atoms with E-state index in [0.29, 0.717) is 11.4 Å². The summed E-state index contributed by atoms with van der Waals surface area (Å²) in [5.41, 5.74) is 0.375. The van der Waals surface area contributed by atoms with Crippen molar-refractivity contribution in [1.29, 1.82) is 0 Å². The SMILES string of the molecule is C[C@H](OC(=O)NCC(F)(F)C(F)(F)F)C(=O)N[C@@H]1C(=O)Nc2ccccc2O[C@@H]1C. The second-order valence-corrected chi connectivity index (χ2v) is 6.40. The predicted octanol–water partition coefficient (Wildman–Crippen LogP) is 2.20. The molecule has 0 fully saturated rings. The van der Waals surface area contributed by atoms with E-state index >= 15 is 0 Å². The molecular weight excluding hydrogens is 421 g/mol. The van der Waals surface area contributed by atoms with E-state index in [9.17, 15) is 36.3 Å². The number of halogens is 5. The van der Waals surface area contributed by atoms with Gasteiger partial charge in [-0.1, -0.05) is 12.1 Å². The highest BCUT2D eigenvalue weighted by Crippen LogP contribution is 2.34. The molecule has 0 bridgehead atoms. The van der Waals surface area contributed by atoms with Crippen molar-refractivity contribution in [3.63, 3.8) is 0 Å². The molecule has 0 aromatic heterocycles. The van der Waals surface area contributed by atoms with Crippen molar-refractivity contribution >= 4 is 23.6 Å². The van der Waals surface area contributed by atoms with Gasteiger partial charge in [0.25, 0.3) is 11.8 Å². The average Bonchev–Trinajstić information content (AvgIpc) is 2.75. The zero-order chi connectivity index (χ0) is 22.7. The normalized spacial score (nSPS) is 20.0. The summed E-state index contributed by atoms with van der Waals surface area (Å²) in [6.45, 7) is 0.494. The molecule has 0 unspecified atom stereocenters. The Kier molecular flexibility index (Phi) is 6.73. The van der Waals surface area contributed by atoms with Crippen molar-refractivity contribution in [3.05, 3.63) is 24.3 Å². The van der Waals surface area contributed by atoms with Gasteiger partial charge in [0, 0.05) is 0 Å². The van der Waals surface area contributed by atoms with Crippen LogP contribution in [0.1, 0.15) is 13.8 Å². The van der Waals surface area contributed by atoms with Crippen LogP contribution in [0.5, 0.6) is 5.75 Å². The van der Waals surface area contributed by atoms with Gasteiger partial charge < -0.3 is 25.4 Å². The van der Waals surface area contributed by atoms with E-state index in [2.05, 4.69) is 15.4 Å². The molecule has 0 saturated carbocycles. The molecule has 0 saturated heterocycles. The summed E-state index contributed by atoms with van der Waals surface area (Å²) in [5.74, 6) is -6.42. The van der Waals surface area contributed by atoms with Gasteiger partial charge >= 0.3 is 18.2 Å². The molecule has 3 amide bonds. The first kappa shape index (κ1) is 23.2. The highest BCUT2D eigenvalue weighted by Gasteiger charge is 2.57. The van der Waals surface area contributed by atoms with Crippen molar-refractivity contribution in [2.24, 2.45) is 0 Å². The maximum Gasteiger partial charge on any atom is 0.455 e. The van der Waals surface area contributed by atoms with E-state index in [4.69, 9.17) is 4.74 Å². The monoisotopic (exact) mass is 439 g/mol. The molecule has 13 heteroatoms. The van der Waals surface area contributed by atoms with Crippen LogP contribution in [0.3, 0.4) is 0 Å². The molecule has 3 N–H and O–H groups in total. The Hall–Kier alpha value is -3.12. The first-order valence-corrected chi connectivity index (χ1v) is 8.58. The van der Waals surface area contributed by atoms with E-state index in [1.165, 1.54) is 12.2 Å². The van der Waals surface area contributed by atoms with E-state index in [0.717, 1.165) is 6.92 Å². The number of carbonyl (C=O) groups excluding carboxylic acids is 3. The summed E-state index contributed by atoms with van der Waals surface area (Å²) in [4.78, 5) is 36.0. The Morgan fingerprint density at radius 3 is 2.50 bits per heavy atom. The van der Waals surface area contributed by atoms with Crippen LogP contribution in [0.25, 0.3) is 0 Å². The van der Waals surface area contributed by atoms with E-state index in [1.807, 2.05) is 0 Å². The minimum atomic E-state index is -5.86. The van der Waals surface area contributed by atoms with E-state index < -0.39 is 54.8 Å². The van der Waals surface area contributed by atoms with Gasteiger partial charge in [-0.3, -0.25) is 9.59 Å². The number of amides is 3. The quantitative estimate of drug-likeness (QED) is 0.610. The maximum atomic E-state index is 12.8. The van der Waals surface area contributed by atoms with Gasteiger partial charge in [-0.2, -0.15) is 22.0 Å². The summed E-state index contributed by atoms with van der Waals surface area (Å²) >= 11 is 0. The second-order valence-electron chi connectivity index (χ2n) is 6.40. The number of alkyl carbamates (subject to hydrolysis) is 1. The van der Waals surface area contributed by atoms with Crippen LogP contribution in [0.15, 0.2) is 24.3 Å². The molecule has 3 atom stereocenters. The Bertz CT molecular complexity index is 817. The molecule has 1 aliphatic rings. The molecule has 1 heterocycles. The van der Waals surface area contributed by atoms with Crippen LogP contribution in [0, 0.1) is 0 Å². The summed E-state index contributed by atoms with van der Waals surface area (Å²) in [5, 5.41) is 6.08. The highest BCUT2D eigenvalue weighted by molar-refractivity contribution is 5.99. The lowest BCUT2D eigenvalue weighted by Crippen LogP contribution is -2.54. The highest BCUT2D eigenvalue weighted by atomic mass is 19.4. The van der Waals surface area contributed by atoms with Crippen LogP contribution in [0.2, 0.25) is 0 Å². The minimum absolute atomic E-state index is 0.365. The fourth-order valence-electron chi connectivity index (χ4n) is 2.36. The average molecular weight is 439 g/mol. The van der Waals surface area contributed by atoms with E-state index in [-0.39, 0.29) is 0 Å². The van der Waals surface area contributed by atoms with Crippen molar-refractivity contribution < 1.29 is 45.8 Å². The maximum absolute atomic E-state index is 12.8. The lowest BCUT2D eigenvalue weighted by Gasteiger charge is -2.23. The third kappa shape index (κ3) is 5.48. The number of anilines is 1. The lowest BCUT2D eigenvalue weighted by atomic mass is 10.1. The molecule has 2 rings (SSSR count). The second kappa shape index (κ2) is 8.71. The van der Waals surface area contributed by atoms with Crippen molar-refractivity contribution in [2.45, 2.75) is 44.2 Å². The molecule has 1 aromatic carbocycles. The number of hydrogen-bond donors (Lipinski definition) is 3. The molecule has 0 radical (unpaired) electrons. The van der Waals surface area contributed by atoms with Gasteiger partial charge in [0.05, 0.1) is 12.2 Å². The number of rotatable bonds is 5. The number of benzene rings is 1. The Balaban J connectivity index is 1.92. The topological polar surface area (TPSA) is 106 Å². The van der Waals surface area contributed by atoms with E-state index in [1.54, 1.807) is 24.3 Å². The minimum Gasteiger partial charge on any atom is -0.486 e. The molecular formula is C17H18F5N3O5. The van der Waals surface area contributed by atoms with Gasteiger partial charge in [-0.15, -0.1) is 0 Å². The van der Waals surface area contributed by atoms with Crippen molar-refractivity contribution in [1.82, 2.24) is 10.6 Å². The fourth-order valence-corrected chi connectivity index (χ4v) is 2.36. The Morgan fingerprint density at radius 1 is 1.23 bits per heavy atom. The van der Waals surface area contributed by atoms with Crippen LogP contribution in [0.4, 0.5) is 32.4 Å². The van der Waals surface area contributed by atoms with Crippen LogP contribution < -0.4 is 20.7 Å². The largest absolute Gasteiger partial charge is 0.486 e. The number of nitrogens with one attached hydrogen (secondary N) is 3. The number of ether oxygens (including phenoxy) is 2. The number of fused-ring (bicyclic) bond motifs is 1. The molecule has 1 aliphatic heterocycles. The van der Waals surface area contributed by atoms with Gasteiger partial charge in [-0.05, 0) is 26.0 Å². The van der Waals surface area contributed by atoms with Crippen molar-refractivity contribution in [3.8, 4) is 5.75 Å². The summed E-state index contributed by atoms with van der Waals surface area (Å²) in [7, 11) is 0. The summed E-state index contributed by atoms with van der Waals surface area (Å²) < 4.78 is 71.9. The molecule has 0 aliphatic carbocycles. The first-order valence-electron chi connectivity index (χ1n) is 8.58. The third-order valence-electron chi connectivity index (χ3n) is 4.03. The smallest absolute Gasteiger partial charge is 0.455 e. The molecule has 0 spiro atoms. The standard InChI is InChI=1S/C17H18F5N3O5/c1-8-12(14(27)24-10-5-3-4-6-11(10)29-8)25-13(26)9(2)30-15(28)23-7-16(18,19)17(20,21)22/h3-6,8-9,12H,7H2,1-2H3,(H,23,28)(H,24,27)(H,25,26)/t8-,9+,12+/m1/s1. The van der Waals surface area contributed by atoms with Crippen LogP contribution in [-0.4, -0.2) is 54.8 Å². The Morgan fingerprint density at radius 2 is 1.87 bits per heavy atom. The van der Waals surface area contributed by atoms with Crippen LogP contribution in [-0.2, 0) is 14.3 Å². The zero-order valence-electron chi connectivity index (χ0n) is 15.7. The van der Waals surface area contributed by atoms with Gasteiger partial charge in [0.2, 0.25) is 0 Å². The number of carbonyl (C=O) groups is 3. The molecule has 30 heavy (non-hydrogen) atoms. The zero-order valence-corrected chi connectivity index (χ0v) is 15.7. The molecule has 8 nitrogen and oxygen atoms in total. The number of hydrogen-bond acceptors (Lipinski definition) is 5. The fraction of sp³-hybridized carbons (Fsp3) is 0.471. The predicted molar refractivity (Wildman–Crippen MR) is 92.0 cm³/mol. The number of para-hydroxylation sites is 2. The summed E-state index contributed by atoms with van der Waals surface area (Å²) in [6.07, 6.45) is -9.95. The Labute approximate surface area is 167 Å². The third-order valence-corrected chi connectivity index (χ3v) is 4.03. The van der Waals surface area contributed by atoms with Gasteiger partial charge in [0.15, 0.2) is 6.10 Å².